The van der Waals surface area contributed by atoms with Crippen LogP contribution in [0.5, 0.6) is 0 Å². The molecule has 0 saturated carbocycles. The molecule has 2 amide bonds. The van der Waals surface area contributed by atoms with E-state index in [2.05, 4.69) is 11.0 Å². The minimum Gasteiger partial charge on any atom is -0.396 e. The molecule has 96 valence electrons. The highest BCUT2D eigenvalue weighted by Crippen LogP contribution is 1.94. The molecular formula is C9H20N2O5. The van der Waals surface area contributed by atoms with Crippen LogP contribution in [0.25, 0.3) is 0 Å². The van der Waals surface area contributed by atoms with Gasteiger partial charge in [0.2, 0.25) is 0 Å². The van der Waals surface area contributed by atoms with Crippen LogP contribution >= 0.6 is 0 Å². The third-order valence-electron chi connectivity index (χ3n) is 1.78. The molecule has 0 bridgehead atoms. The van der Waals surface area contributed by atoms with E-state index in [-0.39, 0.29) is 25.4 Å². The SMILES string of the molecule is CC(CCO)ONC(=O)NOC(C)CCO. The van der Waals surface area contributed by atoms with Gasteiger partial charge in [-0.25, -0.2) is 15.8 Å². The molecule has 0 aromatic carbocycles. The summed E-state index contributed by atoms with van der Waals surface area (Å²) in [5.74, 6) is 0. The molecule has 0 aliphatic rings. The van der Waals surface area contributed by atoms with E-state index >= 15 is 0 Å². The zero-order valence-electron chi connectivity index (χ0n) is 9.60. The van der Waals surface area contributed by atoms with E-state index in [1.807, 2.05) is 0 Å². The van der Waals surface area contributed by atoms with Crippen LogP contribution in [0.2, 0.25) is 0 Å². The second-order valence-electron chi connectivity index (χ2n) is 3.41. The maximum absolute atomic E-state index is 11.1. The van der Waals surface area contributed by atoms with Crippen molar-refractivity contribution >= 4 is 6.03 Å². The Kier molecular flexibility index (Phi) is 8.82. The first-order valence-corrected chi connectivity index (χ1v) is 5.19. The van der Waals surface area contributed by atoms with Crippen molar-refractivity contribution in [1.82, 2.24) is 11.0 Å². The normalized spacial score (nSPS) is 14.2. The number of carbonyl (C=O) groups excluding carboxylic acids is 1. The molecule has 0 radical (unpaired) electrons. The van der Waals surface area contributed by atoms with Crippen molar-refractivity contribution in [2.75, 3.05) is 13.2 Å². The minimum atomic E-state index is -0.630. The fourth-order valence-corrected chi connectivity index (χ4v) is 0.811. The van der Waals surface area contributed by atoms with Crippen molar-refractivity contribution in [3.63, 3.8) is 0 Å². The largest absolute Gasteiger partial charge is 0.396 e. The number of carbonyl (C=O) groups is 1. The average Bonchev–Trinajstić information content (AvgIpc) is 2.24. The second kappa shape index (κ2) is 9.34. The second-order valence-corrected chi connectivity index (χ2v) is 3.41. The van der Waals surface area contributed by atoms with Crippen LogP contribution in [0, 0.1) is 0 Å². The van der Waals surface area contributed by atoms with E-state index in [0.717, 1.165) is 0 Å². The Morgan fingerprint density at radius 2 is 1.44 bits per heavy atom. The Balaban J connectivity index is 3.51. The third-order valence-corrected chi connectivity index (χ3v) is 1.78. The zero-order chi connectivity index (χ0) is 12.4. The number of hydroxylamine groups is 2. The summed E-state index contributed by atoms with van der Waals surface area (Å²) in [6.45, 7) is 3.42. The highest BCUT2D eigenvalue weighted by atomic mass is 16.7. The highest BCUT2D eigenvalue weighted by molar-refractivity contribution is 5.71. The third kappa shape index (κ3) is 8.42. The Labute approximate surface area is 94.6 Å². The van der Waals surface area contributed by atoms with Gasteiger partial charge in [-0.1, -0.05) is 0 Å². The number of aliphatic hydroxyl groups is 2. The molecule has 0 fully saturated rings. The number of amides is 2. The van der Waals surface area contributed by atoms with Gasteiger partial charge in [-0.2, -0.15) is 0 Å². The molecular weight excluding hydrogens is 216 g/mol. The molecule has 16 heavy (non-hydrogen) atoms. The van der Waals surface area contributed by atoms with Crippen LogP contribution in [0.3, 0.4) is 0 Å². The lowest BCUT2D eigenvalue weighted by Crippen LogP contribution is -2.39. The molecule has 0 spiro atoms. The van der Waals surface area contributed by atoms with Crippen LogP contribution < -0.4 is 11.0 Å². The predicted molar refractivity (Wildman–Crippen MR) is 56.2 cm³/mol. The first kappa shape index (κ1) is 15.1. The summed E-state index contributed by atoms with van der Waals surface area (Å²) in [5, 5.41) is 17.2. The van der Waals surface area contributed by atoms with Gasteiger partial charge < -0.3 is 10.2 Å². The van der Waals surface area contributed by atoms with E-state index < -0.39 is 6.03 Å². The van der Waals surface area contributed by atoms with Crippen LogP contribution in [-0.2, 0) is 9.68 Å². The maximum Gasteiger partial charge on any atom is 0.362 e. The smallest absolute Gasteiger partial charge is 0.362 e. The van der Waals surface area contributed by atoms with Crippen LogP contribution in [-0.4, -0.2) is 41.7 Å². The number of hydrogen-bond donors (Lipinski definition) is 4. The lowest BCUT2D eigenvalue weighted by molar-refractivity contribution is -0.0400. The van der Waals surface area contributed by atoms with Gasteiger partial charge in [-0.05, 0) is 26.7 Å². The van der Waals surface area contributed by atoms with Crippen molar-refractivity contribution in [3.8, 4) is 0 Å². The first-order chi connectivity index (χ1) is 7.60. The summed E-state index contributed by atoms with van der Waals surface area (Å²) in [7, 11) is 0. The quantitative estimate of drug-likeness (QED) is 0.433. The Hall–Kier alpha value is -0.890. The van der Waals surface area contributed by atoms with Crippen molar-refractivity contribution in [1.29, 1.82) is 0 Å². The Morgan fingerprint density at radius 3 is 1.75 bits per heavy atom. The van der Waals surface area contributed by atoms with Crippen molar-refractivity contribution in [3.05, 3.63) is 0 Å². The summed E-state index contributed by atoms with van der Waals surface area (Å²) in [4.78, 5) is 20.8. The number of hydrogen-bond acceptors (Lipinski definition) is 5. The first-order valence-electron chi connectivity index (χ1n) is 5.19. The lowest BCUT2D eigenvalue weighted by Gasteiger charge is -2.14. The molecule has 0 rings (SSSR count). The molecule has 0 heterocycles. The monoisotopic (exact) mass is 236 g/mol. The van der Waals surface area contributed by atoms with Crippen molar-refractivity contribution in [2.45, 2.75) is 38.9 Å². The van der Waals surface area contributed by atoms with Crippen LogP contribution in [0.15, 0.2) is 0 Å². The molecule has 0 aliphatic heterocycles. The lowest BCUT2D eigenvalue weighted by atomic mass is 10.3. The van der Waals surface area contributed by atoms with Gasteiger partial charge in [0.15, 0.2) is 0 Å². The summed E-state index contributed by atoms with van der Waals surface area (Å²) < 4.78 is 0. The van der Waals surface area contributed by atoms with E-state index in [4.69, 9.17) is 19.9 Å². The van der Waals surface area contributed by atoms with E-state index in [0.29, 0.717) is 12.8 Å². The topological polar surface area (TPSA) is 100 Å². The van der Waals surface area contributed by atoms with Crippen LogP contribution in [0.4, 0.5) is 4.79 Å². The van der Waals surface area contributed by atoms with Gasteiger partial charge in [0.25, 0.3) is 0 Å². The number of nitrogens with one attached hydrogen (secondary N) is 2. The number of aliphatic hydroxyl groups excluding tert-OH is 2. The molecule has 7 heteroatoms. The standard InChI is InChI=1S/C9H20N2O5/c1-7(3-5-12)15-10-9(14)11-16-8(2)4-6-13/h7-8,12-13H,3-6H2,1-2H3,(H2,10,11,14). The molecule has 2 atom stereocenters. The Morgan fingerprint density at radius 1 is 1.06 bits per heavy atom. The van der Waals surface area contributed by atoms with Gasteiger partial charge in [0.1, 0.15) is 0 Å². The fourth-order valence-electron chi connectivity index (χ4n) is 0.811. The molecule has 4 N–H and O–H groups in total. The average molecular weight is 236 g/mol. The van der Waals surface area contributed by atoms with Gasteiger partial charge in [0.05, 0.1) is 12.2 Å². The summed E-state index contributed by atoms with van der Waals surface area (Å²) >= 11 is 0. The zero-order valence-corrected chi connectivity index (χ0v) is 9.60. The van der Waals surface area contributed by atoms with E-state index in [9.17, 15) is 4.79 Å². The van der Waals surface area contributed by atoms with Gasteiger partial charge in [-0.3, -0.25) is 9.68 Å². The molecule has 0 aromatic rings. The molecule has 0 aromatic heterocycles. The summed E-state index contributed by atoms with van der Waals surface area (Å²) in [6, 6.07) is -0.630. The van der Waals surface area contributed by atoms with E-state index in [1.165, 1.54) is 0 Å². The molecule has 0 saturated heterocycles. The predicted octanol–water partition coefficient (Wildman–Crippen LogP) is -0.309. The summed E-state index contributed by atoms with van der Waals surface area (Å²) in [6.07, 6.45) is 0.320. The molecule has 0 aliphatic carbocycles. The highest BCUT2D eigenvalue weighted by Gasteiger charge is 2.07. The van der Waals surface area contributed by atoms with Gasteiger partial charge in [-0.15, -0.1) is 0 Å². The van der Waals surface area contributed by atoms with Crippen LogP contribution in [0.1, 0.15) is 26.7 Å². The minimum absolute atomic E-state index is 0.00546. The van der Waals surface area contributed by atoms with Crippen molar-refractivity contribution < 1.29 is 24.7 Å². The maximum atomic E-state index is 11.1. The fraction of sp³-hybridized carbons (Fsp3) is 0.889. The number of urea groups is 1. The van der Waals surface area contributed by atoms with Gasteiger partial charge in [0, 0.05) is 13.2 Å². The Bertz CT molecular complexity index is 173. The summed E-state index contributed by atoms with van der Waals surface area (Å²) in [5.41, 5.74) is 4.23. The van der Waals surface area contributed by atoms with Gasteiger partial charge >= 0.3 is 6.03 Å². The molecule has 2 unspecified atom stereocenters. The molecule has 7 nitrogen and oxygen atoms in total. The van der Waals surface area contributed by atoms with Crippen molar-refractivity contribution in [2.24, 2.45) is 0 Å². The van der Waals surface area contributed by atoms with E-state index in [1.54, 1.807) is 13.8 Å². The number of rotatable bonds is 8.